The molecular weight excluding hydrogens is 349 g/mol. The van der Waals surface area contributed by atoms with Gasteiger partial charge in [0.05, 0.1) is 0 Å². The Morgan fingerprint density at radius 1 is 0.818 bits per heavy atom. The molecule has 0 amide bonds. The van der Waals surface area contributed by atoms with Crippen molar-refractivity contribution < 1.29 is 21.7 Å². The van der Waals surface area contributed by atoms with Gasteiger partial charge in [-0.1, -0.05) is 74.7 Å². The monoisotopic (exact) mass is 383 g/mol. The summed E-state index contributed by atoms with van der Waals surface area (Å²) in [5, 5.41) is 4.54. The number of allylic oxidation sites excluding steroid dienone is 4. The van der Waals surface area contributed by atoms with Crippen molar-refractivity contribution in [3.05, 3.63) is 28.1 Å². The molecule has 0 aliphatic heterocycles. The maximum atomic E-state index is 4.54. The quantitative estimate of drug-likeness (QED) is 0.318. The first-order valence-electron chi connectivity index (χ1n) is 7.20. The zero-order valence-electron chi connectivity index (χ0n) is 16.3. The van der Waals surface area contributed by atoms with E-state index >= 15 is 0 Å². The van der Waals surface area contributed by atoms with Crippen molar-refractivity contribution in [3.63, 3.8) is 0 Å². The number of nitrogens with zero attached hydrogens (tertiary/aromatic N) is 1. The zero-order chi connectivity index (χ0) is 15.6. The molecule has 0 fully saturated rings. The van der Waals surface area contributed by atoms with E-state index in [2.05, 4.69) is 87.6 Å². The molecule has 0 spiro atoms. The van der Waals surface area contributed by atoms with Gasteiger partial charge in [0, 0.05) is 0 Å². The van der Waals surface area contributed by atoms with Gasteiger partial charge in [0.1, 0.15) is 0 Å². The third kappa shape index (κ3) is 12.2. The van der Waals surface area contributed by atoms with Gasteiger partial charge in [-0.2, -0.15) is 11.1 Å². The van der Waals surface area contributed by atoms with Gasteiger partial charge in [0.15, 0.2) is 0 Å². The molecule has 0 atom stereocenters. The van der Waals surface area contributed by atoms with E-state index in [1.807, 2.05) is 0 Å². The zero-order valence-corrected chi connectivity index (χ0v) is 19.5. The number of hydrogen-bond donors (Lipinski definition) is 0. The first-order chi connectivity index (χ1) is 8.16. The molecule has 4 heteroatoms. The smallest absolute Gasteiger partial charge is 0.653 e. The first kappa shape index (κ1) is 30.6. The van der Waals surface area contributed by atoms with Crippen LogP contribution in [-0.4, -0.2) is 11.1 Å². The molecule has 22 heavy (non-hydrogen) atoms. The average molecular weight is 384 g/mol. The molecule has 0 aromatic rings. The predicted molar refractivity (Wildman–Crippen MR) is 102 cm³/mol. The van der Waals surface area contributed by atoms with E-state index in [1.54, 1.807) is 0 Å². The third-order valence-corrected chi connectivity index (χ3v) is 3.23. The van der Waals surface area contributed by atoms with Gasteiger partial charge in [-0.05, 0) is 0 Å². The number of halogens is 2. The molecule has 0 aromatic heterocycles. The molecule has 1 aliphatic carbocycles. The van der Waals surface area contributed by atoms with E-state index < -0.39 is 0 Å². The summed E-state index contributed by atoms with van der Waals surface area (Å²) in [5.41, 5.74) is 4.61. The van der Waals surface area contributed by atoms with Crippen LogP contribution in [0, 0.1) is 11.5 Å². The van der Waals surface area contributed by atoms with Crippen molar-refractivity contribution in [2.45, 2.75) is 87.2 Å². The minimum Gasteiger partial charge on any atom is -0.653 e. The van der Waals surface area contributed by atoms with E-state index in [9.17, 15) is 0 Å². The summed E-state index contributed by atoms with van der Waals surface area (Å²) < 4.78 is 0. The SMILES string of the molecule is CC(C)(C)[N-]C(C)(C)C.CC1=[C-]C(C)(C)C(C)=C1C.Cl.Cl.[Ti+2]. The van der Waals surface area contributed by atoms with Gasteiger partial charge >= 0.3 is 21.7 Å². The Balaban J connectivity index is -0.000000130. The van der Waals surface area contributed by atoms with Crippen LogP contribution in [-0.2, 0) is 21.7 Å². The van der Waals surface area contributed by atoms with Crippen LogP contribution in [0.25, 0.3) is 5.32 Å². The molecule has 0 N–H and O–H groups in total. The van der Waals surface area contributed by atoms with Gasteiger partial charge in [-0.15, -0.1) is 42.8 Å². The van der Waals surface area contributed by atoms with Crippen LogP contribution < -0.4 is 0 Å². The fraction of sp³-hybridized carbons (Fsp3) is 0.778. The molecule has 0 heterocycles. The predicted octanol–water partition coefficient (Wildman–Crippen LogP) is 6.91. The number of hydrogen-bond acceptors (Lipinski definition) is 0. The van der Waals surface area contributed by atoms with Gasteiger partial charge in [0.2, 0.25) is 0 Å². The topological polar surface area (TPSA) is 14.1 Å². The summed E-state index contributed by atoms with van der Waals surface area (Å²) in [7, 11) is 0. The fourth-order valence-corrected chi connectivity index (χ4v) is 2.41. The maximum absolute atomic E-state index is 4.54. The Morgan fingerprint density at radius 2 is 1.14 bits per heavy atom. The standard InChI is InChI=1S/C10H15.C8H18N.2ClH.Ti/c1-7-6-10(4,5)9(3)8(7)2;1-7(2,3)9-8(4,5)6;;;/h1-5H3;1-6H3;2*1H;/q2*-1;;;+2. The Morgan fingerprint density at radius 3 is 1.18 bits per heavy atom. The molecule has 0 bridgehead atoms. The largest absolute Gasteiger partial charge is 2.00 e. The van der Waals surface area contributed by atoms with Gasteiger partial charge < -0.3 is 5.32 Å². The molecule has 0 saturated heterocycles. The summed E-state index contributed by atoms with van der Waals surface area (Å²) in [6.07, 6.45) is 3.44. The van der Waals surface area contributed by atoms with E-state index in [-0.39, 0.29) is 63.0 Å². The summed E-state index contributed by atoms with van der Waals surface area (Å²) in [6, 6.07) is 0. The van der Waals surface area contributed by atoms with Crippen LogP contribution in [0.1, 0.15) is 76.2 Å². The Labute approximate surface area is 166 Å². The molecule has 130 valence electrons. The fourth-order valence-electron chi connectivity index (χ4n) is 2.41. The Bertz CT molecular complexity index is 371. The van der Waals surface area contributed by atoms with Crippen molar-refractivity contribution in [2.75, 3.05) is 0 Å². The van der Waals surface area contributed by atoms with Crippen LogP contribution in [0.5, 0.6) is 0 Å². The average Bonchev–Trinajstić information content (AvgIpc) is 2.24. The minimum absolute atomic E-state index is 0. The van der Waals surface area contributed by atoms with Crippen molar-refractivity contribution >= 4 is 24.8 Å². The van der Waals surface area contributed by atoms with Crippen LogP contribution in [0.4, 0.5) is 0 Å². The summed E-state index contributed by atoms with van der Waals surface area (Å²) in [4.78, 5) is 0. The summed E-state index contributed by atoms with van der Waals surface area (Å²) in [5.74, 6) is 0. The molecule has 1 nitrogen and oxygen atoms in total. The molecule has 0 saturated carbocycles. The second-order valence-electron chi connectivity index (χ2n) is 8.08. The Kier molecular flexibility index (Phi) is 14.7. The van der Waals surface area contributed by atoms with Crippen LogP contribution in [0.2, 0.25) is 0 Å². The normalized spacial score (nSPS) is 16.4. The minimum atomic E-state index is 0. The van der Waals surface area contributed by atoms with E-state index in [0.29, 0.717) is 0 Å². The maximum Gasteiger partial charge on any atom is 2.00 e. The first-order valence-corrected chi connectivity index (χ1v) is 7.20. The molecule has 0 aromatic carbocycles. The molecular formula is C18H35Cl2NTi. The van der Waals surface area contributed by atoms with Crippen molar-refractivity contribution in [2.24, 2.45) is 5.41 Å². The third-order valence-electron chi connectivity index (χ3n) is 3.23. The Hall–Kier alpha value is 0.734. The summed E-state index contributed by atoms with van der Waals surface area (Å²) in [6.45, 7) is 23.7. The second kappa shape index (κ2) is 10.6. The molecule has 1 aliphatic rings. The molecule has 0 unspecified atom stereocenters. The van der Waals surface area contributed by atoms with Crippen molar-refractivity contribution in [1.29, 1.82) is 0 Å². The van der Waals surface area contributed by atoms with Gasteiger partial charge in [-0.25, -0.2) is 5.57 Å². The van der Waals surface area contributed by atoms with E-state index in [1.165, 1.54) is 16.7 Å². The number of rotatable bonds is 0. The van der Waals surface area contributed by atoms with Crippen LogP contribution >= 0.6 is 24.8 Å². The van der Waals surface area contributed by atoms with Crippen LogP contribution in [0.3, 0.4) is 0 Å². The van der Waals surface area contributed by atoms with E-state index in [4.69, 9.17) is 0 Å². The second-order valence-corrected chi connectivity index (χ2v) is 8.08. The van der Waals surface area contributed by atoms with Crippen LogP contribution in [0.15, 0.2) is 16.7 Å². The van der Waals surface area contributed by atoms with Gasteiger partial charge in [0.25, 0.3) is 0 Å². The molecule has 1 rings (SSSR count). The van der Waals surface area contributed by atoms with Crippen molar-refractivity contribution in [3.8, 4) is 0 Å². The van der Waals surface area contributed by atoms with Gasteiger partial charge in [-0.3, -0.25) is 6.08 Å². The molecule has 0 radical (unpaired) electrons. The van der Waals surface area contributed by atoms with Crippen molar-refractivity contribution in [1.82, 2.24) is 0 Å². The summed E-state index contributed by atoms with van der Waals surface area (Å²) >= 11 is 0. The van der Waals surface area contributed by atoms with E-state index in [0.717, 1.165) is 0 Å².